The highest BCUT2D eigenvalue weighted by atomic mass is 32.2. The molecule has 6 N–H and O–H groups in total. The molecular weight excluding hydrogens is 539 g/mol. The molecule has 0 aliphatic carbocycles. The van der Waals surface area contributed by atoms with E-state index in [1.54, 1.807) is 36.4 Å². The van der Waals surface area contributed by atoms with Crippen LogP contribution in [0.5, 0.6) is 0 Å². The van der Waals surface area contributed by atoms with Crippen molar-refractivity contribution in [1.29, 1.82) is 0 Å². The molecule has 40 heavy (non-hydrogen) atoms. The Kier molecular flexibility index (Phi) is 9.81. The third kappa shape index (κ3) is 7.57. The molecule has 1 aliphatic heterocycles. The quantitative estimate of drug-likeness (QED) is 0.276. The zero-order valence-electron chi connectivity index (χ0n) is 20.8. The number of benzene rings is 4. The number of nitrogens with one attached hydrogen (secondary N) is 3. The van der Waals surface area contributed by atoms with Crippen LogP contribution in [0.3, 0.4) is 0 Å². The molecule has 0 bridgehead atoms. The molecule has 206 valence electrons. The van der Waals surface area contributed by atoms with Gasteiger partial charge in [-0.2, -0.15) is 8.42 Å². The van der Waals surface area contributed by atoms with Crippen molar-refractivity contribution in [1.82, 2.24) is 5.32 Å². The van der Waals surface area contributed by atoms with Crippen LogP contribution in [0.15, 0.2) is 119 Å². The lowest BCUT2D eigenvalue weighted by molar-refractivity contribution is -0.117. The first-order chi connectivity index (χ1) is 18.7. The molecule has 1 aliphatic rings. The minimum absolute atomic E-state index is 0. The summed E-state index contributed by atoms with van der Waals surface area (Å²) >= 11 is 0. The van der Waals surface area contributed by atoms with Crippen molar-refractivity contribution >= 4 is 39.1 Å². The number of hydrogen-bond donors (Lipinski definition) is 4. The van der Waals surface area contributed by atoms with E-state index in [9.17, 15) is 22.4 Å². The predicted molar refractivity (Wildman–Crippen MR) is 149 cm³/mol. The molecule has 0 saturated heterocycles. The average molecular weight is 565 g/mol. The number of fused-ring (bicyclic) bond motifs is 1. The van der Waals surface area contributed by atoms with Crippen LogP contribution in [-0.4, -0.2) is 42.3 Å². The zero-order chi connectivity index (χ0) is 27.8. The van der Waals surface area contributed by atoms with Gasteiger partial charge in [0.15, 0.2) is 0 Å². The van der Waals surface area contributed by atoms with E-state index in [1.807, 2.05) is 42.5 Å². The summed E-state index contributed by atoms with van der Waals surface area (Å²) in [5, 5.41) is 7.69. The Balaban J connectivity index is 0.000000340. The molecule has 5 rings (SSSR count). The van der Waals surface area contributed by atoms with Crippen LogP contribution in [0.1, 0.15) is 11.1 Å². The SMILES string of the molecule is O.O=C(Nc1ccccc1F)NC1N=C(c2ccccc2)c2ccccc2NC1=O.O=S(=O)(O)c1ccccc1. The van der Waals surface area contributed by atoms with Crippen LogP contribution in [0.25, 0.3) is 0 Å². The van der Waals surface area contributed by atoms with Gasteiger partial charge < -0.3 is 21.4 Å². The Morgan fingerprint density at radius 3 is 2.05 bits per heavy atom. The third-order valence-corrected chi connectivity index (χ3v) is 6.29. The van der Waals surface area contributed by atoms with Crippen molar-refractivity contribution in [3.8, 4) is 0 Å². The molecule has 0 radical (unpaired) electrons. The van der Waals surface area contributed by atoms with Crippen molar-refractivity contribution in [2.75, 3.05) is 10.6 Å². The van der Waals surface area contributed by atoms with Crippen molar-refractivity contribution in [3.63, 3.8) is 0 Å². The first-order valence-corrected chi connectivity index (χ1v) is 13.0. The summed E-state index contributed by atoms with van der Waals surface area (Å²) in [5.41, 5.74) is 2.72. The second kappa shape index (κ2) is 13.2. The highest BCUT2D eigenvalue weighted by Crippen LogP contribution is 2.23. The number of carbonyl (C=O) groups is 2. The van der Waals surface area contributed by atoms with Crippen LogP contribution in [-0.2, 0) is 14.9 Å². The number of nitrogens with zero attached hydrogens (tertiary/aromatic N) is 1. The molecular formula is C28H25FN4O6S. The molecule has 3 amide bonds. The van der Waals surface area contributed by atoms with Gasteiger partial charge in [0.05, 0.1) is 22.0 Å². The number of para-hydroxylation sites is 2. The molecule has 1 atom stereocenters. The average Bonchev–Trinajstić information content (AvgIpc) is 3.07. The van der Waals surface area contributed by atoms with Crippen molar-refractivity contribution in [2.24, 2.45) is 4.99 Å². The zero-order valence-corrected chi connectivity index (χ0v) is 21.6. The number of benzodiazepines with no additional fused rings is 1. The maximum Gasteiger partial charge on any atom is 0.321 e. The number of amides is 3. The third-order valence-electron chi connectivity index (χ3n) is 5.42. The number of hydrogen-bond acceptors (Lipinski definition) is 5. The van der Waals surface area contributed by atoms with Crippen molar-refractivity contribution in [2.45, 2.75) is 11.1 Å². The van der Waals surface area contributed by atoms with E-state index in [0.717, 1.165) is 11.1 Å². The fourth-order valence-electron chi connectivity index (χ4n) is 3.62. The van der Waals surface area contributed by atoms with E-state index in [-0.39, 0.29) is 16.1 Å². The summed E-state index contributed by atoms with van der Waals surface area (Å²) in [4.78, 5) is 29.5. The van der Waals surface area contributed by atoms with Crippen LogP contribution in [0.2, 0.25) is 0 Å². The summed E-state index contributed by atoms with van der Waals surface area (Å²) in [7, 11) is -4.00. The van der Waals surface area contributed by atoms with Crippen LogP contribution >= 0.6 is 0 Å². The highest BCUT2D eigenvalue weighted by molar-refractivity contribution is 7.85. The topological polar surface area (TPSA) is 168 Å². The van der Waals surface area contributed by atoms with Gasteiger partial charge >= 0.3 is 6.03 Å². The second-order valence-electron chi connectivity index (χ2n) is 8.15. The fraction of sp³-hybridized carbons (Fsp3) is 0.0357. The molecule has 4 aromatic carbocycles. The molecule has 10 nitrogen and oxygen atoms in total. The summed E-state index contributed by atoms with van der Waals surface area (Å²) in [6, 6.07) is 29.1. The van der Waals surface area contributed by atoms with Gasteiger partial charge in [0.25, 0.3) is 16.0 Å². The van der Waals surface area contributed by atoms with Crippen LogP contribution in [0, 0.1) is 5.82 Å². The Labute approximate surface area is 229 Å². The predicted octanol–water partition coefficient (Wildman–Crippen LogP) is 3.87. The number of aliphatic imine (C=N–C) groups is 1. The van der Waals surface area contributed by atoms with Crippen molar-refractivity contribution in [3.05, 3.63) is 126 Å². The maximum atomic E-state index is 13.8. The van der Waals surface area contributed by atoms with Crippen molar-refractivity contribution < 1.29 is 32.4 Å². The molecule has 0 fully saturated rings. The number of halogens is 1. The molecule has 12 heteroatoms. The van der Waals surface area contributed by atoms with Gasteiger partial charge in [0.2, 0.25) is 6.17 Å². The Hall–Kier alpha value is -4.91. The smallest absolute Gasteiger partial charge is 0.321 e. The second-order valence-corrected chi connectivity index (χ2v) is 9.57. The minimum Gasteiger partial charge on any atom is -0.412 e. The summed E-state index contributed by atoms with van der Waals surface area (Å²) in [5.74, 6) is -1.07. The summed E-state index contributed by atoms with van der Waals surface area (Å²) in [6.45, 7) is 0. The summed E-state index contributed by atoms with van der Waals surface area (Å²) in [6.07, 6.45) is -1.19. The van der Waals surface area contributed by atoms with Crippen LogP contribution < -0.4 is 16.0 Å². The van der Waals surface area contributed by atoms with Gasteiger partial charge in [-0.15, -0.1) is 0 Å². The Morgan fingerprint density at radius 2 is 1.43 bits per heavy atom. The first kappa shape index (κ1) is 29.6. The van der Waals surface area contributed by atoms with Gasteiger partial charge in [-0.25, -0.2) is 14.2 Å². The Morgan fingerprint density at radius 1 is 0.850 bits per heavy atom. The molecule has 0 saturated carbocycles. The van der Waals surface area contributed by atoms with Gasteiger partial charge in [0, 0.05) is 11.1 Å². The lowest BCUT2D eigenvalue weighted by Gasteiger charge is -2.14. The standard InChI is InChI=1S/C22H17FN4O2.C6H6O3S.H2O/c23-16-11-5-7-13-18(16)25-22(29)27-20-21(28)24-17-12-6-4-10-15(17)19(26-20)14-8-2-1-3-9-14;7-10(8,9)6-4-2-1-3-5-6;/h1-13,20H,(H,24,28)(H2,25,27,29);1-5H,(H,7,8,9);1H2. The van der Waals surface area contributed by atoms with E-state index < -0.39 is 34.0 Å². The van der Waals surface area contributed by atoms with E-state index in [2.05, 4.69) is 20.9 Å². The number of anilines is 2. The first-order valence-electron chi connectivity index (χ1n) is 11.6. The number of carbonyl (C=O) groups excluding carboxylic acids is 2. The monoisotopic (exact) mass is 564 g/mol. The molecule has 0 aromatic heterocycles. The van der Waals surface area contributed by atoms with Gasteiger partial charge in [-0.3, -0.25) is 9.35 Å². The van der Waals surface area contributed by atoms with Gasteiger partial charge in [-0.05, 0) is 30.3 Å². The Bertz CT molecular complexity index is 1620. The normalized spacial score (nSPS) is 14.0. The highest BCUT2D eigenvalue weighted by Gasteiger charge is 2.27. The maximum absolute atomic E-state index is 13.8. The lowest BCUT2D eigenvalue weighted by Crippen LogP contribution is -2.44. The number of rotatable bonds is 4. The minimum atomic E-state index is -4.00. The van der Waals surface area contributed by atoms with Gasteiger partial charge in [-0.1, -0.05) is 78.9 Å². The van der Waals surface area contributed by atoms with E-state index >= 15 is 0 Å². The molecule has 0 spiro atoms. The van der Waals surface area contributed by atoms with E-state index in [4.69, 9.17) is 4.55 Å². The molecule has 1 heterocycles. The molecule has 1 unspecified atom stereocenters. The molecule has 4 aromatic rings. The van der Waals surface area contributed by atoms with E-state index in [1.165, 1.54) is 30.3 Å². The van der Waals surface area contributed by atoms with Crippen LogP contribution in [0.4, 0.5) is 20.6 Å². The van der Waals surface area contributed by atoms with Gasteiger partial charge in [0.1, 0.15) is 5.82 Å². The summed E-state index contributed by atoms with van der Waals surface area (Å²) < 4.78 is 43.0. The lowest BCUT2D eigenvalue weighted by atomic mass is 10.0. The van der Waals surface area contributed by atoms with E-state index in [0.29, 0.717) is 11.4 Å². The fourth-order valence-corrected chi connectivity index (χ4v) is 4.12. The largest absolute Gasteiger partial charge is 0.412 e. The number of urea groups is 1.